The number of aliphatic hydroxyl groups is 1. The van der Waals surface area contributed by atoms with Gasteiger partial charge in [0.25, 0.3) is 5.69 Å². The lowest BCUT2D eigenvalue weighted by molar-refractivity contribution is -0.385. The van der Waals surface area contributed by atoms with Crippen LogP contribution in [-0.2, 0) is 0 Å². The van der Waals surface area contributed by atoms with E-state index in [2.05, 4.69) is 4.98 Å². The molecule has 0 radical (unpaired) electrons. The predicted molar refractivity (Wildman–Crippen MR) is 58.5 cm³/mol. The van der Waals surface area contributed by atoms with Crippen LogP contribution in [0.15, 0.2) is 12.1 Å². The van der Waals surface area contributed by atoms with E-state index in [4.69, 9.17) is 0 Å². The van der Waals surface area contributed by atoms with E-state index in [-0.39, 0.29) is 11.8 Å². The Hall–Kier alpha value is -1.69. The number of hydrogen-bond acceptors (Lipinski definition) is 5. The Balaban J connectivity index is 2.24. The van der Waals surface area contributed by atoms with Gasteiger partial charge in [0.05, 0.1) is 11.0 Å². The number of nitro groups is 1. The van der Waals surface area contributed by atoms with Gasteiger partial charge in [0.15, 0.2) is 0 Å². The Morgan fingerprint density at radius 1 is 1.62 bits per heavy atom. The maximum atomic E-state index is 10.6. The summed E-state index contributed by atoms with van der Waals surface area (Å²) in [6.07, 6.45) is 0.398. The molecule has 1 aromatic rings. The third-order valence-electron chi connectivity index (χ3n) is 2.73. The first-order chi connectivity index (χ1) is 7.58. The van der Waals surface area contributed by atoms with Crippen molar-refractivity contribution in [3.8, 4) is 0 Å². The highest BCUT2D eigenvalue weighted by Crippen LogP contribution is 2.23. The number of aromatic nitrogens is 1. The molecule has 86 valence electrons. The van der Waals surface area contributed by atoms with Crippen LogP contribution in [0.4, 0.5) is 11.5 Å². The topological polar surface area (TPSA) is 79.5 Å². The second-order valence-electron chi connectivity index (χ2n) is 3.92. The Bertz CT molecular complexity index is 422. The quantitative estimate of drug-likeness (QED) is 0.594. The van der Waals surface area contributed by atoms with Gasteiger partial charge in [-0.2, -0.15) is 0 Å². The van der Waals surface area contributed by atoms with Crippen LogP contribution >= 0.6 is 0 Å². The lowest BCUT2D eigenvalue weighted by atomic mass is 10.3. The molecule has 0 bridgehead atoms. The Morgan fingerprint density at radius 3 is 2.88 bits per heavy atom. The summed E-state index contributed by atoms with van der Waals surface area (Å²) in [6.45, 7) is 2.91. The monoisotopic (exact) mass is 223 g/mol. The Labute approximate surface area is 92.7 Å². The van der Waals surface area contributed by atoms with Gasteiger partial charge in [-0.15, -0.1) is 0 Å². The molecule has 2 rings (SSSR count). The van der Waals surface area contributed by atoms with Crippen molar-refractivity contribution < 1.29 is 10.0 Å². The van der Waals surface area contributed by atoms with E-state index in [0.717, 1.165) is 13.0 Å². The zero-order valence-electron chi connectivity index (χ0n) is 8.96. The maximum Gasteiger partial charge on any atom is 0.290 e. The fraction of sp³-hybridized carbons (Fsp3) is 0.500. The first-order valence-corrected chi connectivity index (χ1v) is 5.13. The Kier molecular flexibility index (Phi) is 2.74. The molecule has 0 saturated carbocycles. The molecule has 0 spiro atoms. The average Bonchev–Trinajstić information content (AvgIpc) is 2.64. The van der Waals surface area contributed by atoms with Gasteiger partial charge in [-0.3, -0.25) is 10.1 Å². The van der Waals surface area contributed by atoms with Crippen molar-refractivity contribution >= 4 is 11.5 Å². The van der Waals surface area contributed by atoms with Gasteiger partial charge in [-0.25, -0.2) is 4.98 Å². The van der Waals surface area contributed by atoms with Gasteiger partial charge in [0.1, 0.15) is 11.5 Å². The lowest BCUT2D eigenvalue weighted by Crippen LogP contribution is -2.22. The molecule has 6 nitrogen and oxygen atoms in total. The minimum absolute atomic E-state index is 0.0310. The number of β-amino-alcohol motifs (C(OH)–C–C–N with tert-alkyl or cyclic N) is 1. The molecule has 1 N–H and O–H groups in total. The summed E-state index contributed by atoms with van der Waals surface area (Å²) in [5, 5.41) is 20.0. The largest absolute Gasteiger partial charge is 0.391 e. The molecular weight excluding hydrogens is 210 g/mol. The maximum absolute atomic E-state index is 10.6. The van der Waals surface area contributed by atoms with E-state index in [0.29, 0.717) is 18.1 Å². The van der Waals surface area contributed by atoms with Gasteiger partial charge >= 0.3 is 0 Å². The van der Waals surface area contributed by atoms with Crippen molar-refractivity contribution in [2.75, 3.05) is 18.0 Å². The van der Waals surface area contributed by atoms with E-state index in [1.165, 1.54) is 6.07 Å². The molecular formula is C10H13N3O3. The highest BCUT2D eigenvalue weighted by Gasteiger charge is 2.22. The minimum Gasteiger partial charge on any atom is -0.391 e. The number of anilines is 1. The standard InChI is InChI=1S/C10H13N3O3/c1-7-9(13(15)16)2-3-10(11-7)12-5-4-8(14)6-12/h2-3,8,14H,4-6H2,1H3/t8-/m1/s1. The number of aliphatic hydroxyl groups excluding tert-OH is 1. The summed E-state index contributed by atoms with van der Waals surface area (Å²) >= 11 is 0. The molecule has 0 amide bonds. The summed E-state index contributed by atoms with van der Waals surface area (Å²) < 4.78 is 0. The van der Waals surface area contributed by atoms with Crippen LogP contribution in [0.3, 0.4) is 0 Å². The summed E-state index contributed by atoms with van der Waals surface area (Å²) in [5.74, 6) is 0.694. The molecule has 1 aliphatic heterocycles. The van der Waals surface area contributed by atoms with Crippen LogP contribution in [0.2, 0.25) is 0 Å². The second kappa shape index (κ2) is 4.05. The van der Waals surface area contributed by atoms with Crippen LogP contribution in [-0.4, -0.2) is 34.2 Å². The Morgan fingerprint density at radius 2 is 2.38 bits per heavy atom. The zero-order chi connectivity index (χ0) is 11.7. The minimum atomic E-state index is -0.440. The molecule has 16 heavy (non-hydrogen) atoms. The van der Waals surface area contributed by atoms with E-state index in [1.807, 2.05) is 4.90 Å². The van der Waals surface area contributed by atoms with E-state index in [9.17, 15) is 15.2 Å². The van der Waals surface area contributed by atoms with Crippen LogP contribution in [0, 0.1) is 17.0 Å². The number of aryl methyl sites for hydroxylation is 1. The number of rotatable bonds is 2. The van der Waals surface area contributed by atoms with Crippen molar-refractivity contribution in [1.82, 2.24) is 4.98 Å². The van der Waals surface area contributed by atoms with E-state index in [1.54, 1.807) is 13.0 Å². The normalized spacial score (nSPS) is 20.1. The first kappa shape index (κ1) is 10.8. The first-order valence-electron chi connectivity index (χ1n) is 5.13. The molecule has 1 fully saturated rings. The van der Waals surface area contributed by atoms with Gasteiger partial charge in [0, 0.05) is 19.2 Å². The third kappa shape index (κ3) is 1.96. The highest BCUT2D eigenvalue weighted by atomic mass is 16.6. The summed E-state index contributed by atoms with van der Waals surface area (Å²) in [6, 6.07) is 3.09. The predicted octanol–water partition coefficient (Wildman–Crippen LogP) is 0.869. The van der Waals surface area contributed by atoms with Gasteiger partial charge in [-0.05, 0) is 19.4 Å². The number of hydrogen-bond donors (Lipinski definition) is 1. The van der Waals surface area contributed by atoms with Crippen molar-refractivity contribution in [3.05, 3.63) is 27.9 Å². The van der Waals surface area contributed by atoms with Crippen molar-refractivity contribution in [2.24, 2.45) is 0 Å². The molecule has 1 aromatic heterocycles. The SMILES string of the molecule is Cc1nc(N2CC[C@@H](O)C2)ccc1[N+](=O)[O-]. The van der Waals surface area contributed by atoms with Crippen LogP contribution < -0.4 is 4.90 Å². The van der Waals surface area contributed by atoms with E-state index >= 15 is 0 Å². The van der Waals surface area contributed by atoms with Gasteiger partial charge in [0.2, 0.25) is 0 Å². The van der Waals surface area contributed by atoms with Crippen LogP contribution in [0.5, 0.6) is 0 Å². The van der Waals surface area contributed by atoms with Crippen LogP contribution in [0.1, 0.15) is 12.1 Å². The lowest BCUT2D eigenvalue weighted by Gasteiger charge is -2.16. The molecule has 2 heterocycles. The molecule has 0 aliphatic carbocycles. The molecule has 1 aliphatic rings. The molecule has 1 atom stereocenters. The smallest absolute Gasteiger partial charge is 0.290 e. The fourth-order valence-corrected chi connectivity index (χ4v) is 1.86. The summed E-state index contributed by atoms with van der Waals surface area (Å²) in [5.41, 5.74) is 0.437. The highest BCUT2D eigenvalue weighted by molar-refractivity contribution is 5.47. The number of nitrogens with zero attached hydrogens (tertiary/aromatic N) is 3. The van der Waals surface area contributed by atoms with Crippen LogP contribution in [0.25, 0.3) is 0 Å². The average molecular weight is 223 g/mol. The van der Waals surface area contributed by atoms with Crippen molar-refractivity contribution in [1.29, 1.82) is 0 Å². The second-order valence-corrected chi connectivity index (χ2v) is 3.92. The van der Waals surface area contributed by atoms with Gasteiger partial charge < -0.3 is 10.0 Å². The van der Waals surface area contributed by atoms with Gasteiger partial charge in [-0.1, -0.05) is 0 Å². The molecule has 0 unspecified atom stereocenters. The third-order valence-corrected chi connectivity index (χ3v) is 2.73. The van der Waals surface area contributed by atoms with E-state index < -0.39 is 4.92 Å². The molecule has 1 saturated heterocycles. The van der Waals surface area contributed by atoms with Crippen molar-refractivity contribution in [2.45, 2.75) is 19.4 Å². The summed E-state index contributed by atoms with van der Waals surface area (Å²) in [7, 11) is 0. The zero-order valence-corrected chi connectivity index (χ0v) is 8.96. The summed E-state index contributed by atoms with van der Waals surface area (Å²) in [4.78, 5) is 16.3. The van der Waals surface area contributed by atoms with Crippen molar-refractivity contribution in [3.63, 3.8) is 0 Å². The number of pyridine rings is 1. The molecule has 0 aromatic carbocycles. The molecule has 6 heteroatoms. The fourth-order valence-electron chi connectivity index (χ4n) is 1.86.